The highest BCUT2D eigenvalue weighted by molar-refractivity contribution is 5.94. The van der Waals surface area contributed by atoms with Crippen LogP contribution in [0.5, 0.6) is 17.2 Å². The fourth-order valence-corrected chi connectivity index (χ4v) is 5.00. The van der Waals surface area contributed by atoms with Gasteiger partial charge in [0.05, 0.1) is 23.0 Å². The summed E-state index contributed by atoms with van der Waals surface area (Å²) in [5.74, 6) is -1.22. The van der Waals surface area contributed by atoms with Crippen molar-refractivity contribution in [2.24, 2.45) is 14.1 Å². The lowest BCUT2D eigenvalue weighted by Gasteiger charge is -2.26. The maximum Gasteiger partial charge on any atom is 0.328 e. The van der Waals surface area contributed by atoms with Gasteiger partial charge in [0.15, 0.2) is 0 Å². The van der Waals surface area contributed by atoms with Crippen LogP contribution in [0.25, 0.3) is 33.1 Å². The van der Waals surface area contributed by atoms with E-state index >= 15 is 0 Å². The van der Waals surface area contributed by atoms with Gasteiger partial charge in [-0.3, -0.25) is 18.7 Å². The van der Waals surface area contributed by atoms with Gasteiger partial charge in [0, 0.05) is 31.6 Å². The first-order valence-electron chi connectivity index (χ1n) is 11.2. The molecule has 5 aromatic rings. The number of rotatable bonds is 2. The number of hydrogen-bond donors (Lipinski definition) is 2. The number of imidazole rings is 1. The molecule has 2 aromatic heterocycles. The van der Waals surface area contributed by atoms with Crippen molar-refractivity contribution in [1.29, 1.82) is 0 Å². The number of hydrogen-bond acceptors (Lipinski definition) is 7. The normalized spacial score (nSPS) is 15.3. The molecule has 180 valence electrons. The average molecular weight is 484 g/mol. The van der Waals surface area contributed by atoms with Crippen molar-refractivity contribution in [3.05, 3.63) is 86.6 Å². The number of phenols is 2. The molecule has 2 N–H and O–H groups in total. The minimum absolute atomic E-state index is 0.0113. The van der Waals surface area contributed by atoms with Crippen LogP contribution < -0.4 is 15.9 Å². The van der Waals surface area contributed by atoms with Crippen LogP contribution in [0.15, 0.2) is 68.8 Å². The molecule has 0 bridgehead atoms. The summed E-state index contributed by atoms with van der Waals surface area (Å²) in [6.45, 7) is 0. The van der Waals surface area contributed by atoms with Gasteiger partial charge in [0.2, 0.25) is 5.43 Å². The molecule has 1 unspecified atom stereocenters. The Morgan fingerprint density at radius 3 is 2.39 bits per heavy atom. The summed E-state index contributed by atoms with van der Waals surface area (Å²) in [5, 5.41) is 20.3. The van der Waals surface area contributed by atoms with E-state index < -0.39 is 17.3 Å². The number of esters is 1. The first-order chi connectivity index (χ1) is 17.2. The quantitative estimate of drug-likeness (QED) is 0.290. The van der Waals surface area contributed by atoms with E-state index in [-0.39, 0.29) is 45.9 Å². The Hall–Kier alpha value is -4.79. The lowest BCUT2D eigenvalue weighted by Crippen LogP contribution is -2.22. The molecule has 0 spiro atoms. The number of fused-ring (bicyclic) bond motifs is 4. The summed E-state index contributed by atoms with van der Waals surface area (Å²) in [5.41, 5.74) is 2.85. The summed E-state index contributed by atoms with van der Waals surface area (Å²) in [6, 6.07) is 12.8. The molecule has 1 atom stereocenters. The minimum Gasteiger partial charge on any atom is -0.508 e. The molecule has 0 amide bonds. The van der Waals surface area contributed by atoms with E-state index in [0.717, 1.165) is 11.1 Å². The average Bonchev–Trinajstić information content (AvgIpc) is 3.07. The van der Waals surface area contributed by atoms with E-state index in [4.69, 9.17) is 9.15 Å². The third kappa shape index (κ3) is 3.06. The summed E-state index contributed by atoms with van der Waals surface area (Å²) in [4.78, 5) is 38.4. The molecule has 6 rings (SSSR count). The van der Waals surface area contributed by atoms with Gasteiger partial charge in [-0.2, -0.15) is 0 Å². The second-order valence-electron chi connectivity index (χ2n) is 8.92. The molecule has 36 heavy (non-hydrogen) atoms. The van der Waals surface area contributed by atoms with E-state index in [2.05, 4.69) is 0 Å². The maximum absolute atomic E-state index is 13.5. The number of nitrogens with zero attached hydrogens (tertiary/aromatic N) is 2. The molecule has 1 aliphatic heterocycles. The third-order valence-corrected chi connectivity index (χ3v) is 6.85. The molecule has 1 aliphatic rings. The molecule has 9 heteroatoms. The monoisotopic (exact) mass is 484 g/mol. The van der Waals surface area contributed by atoms with Crippen LogP contribution in [0.2, 0.25) is 0 Å². The number of ether oxygens (including phenoxy) is 1. The van der Waals surface area contributed by atoms with Crippen LogP contribution in [0.4, 0.5) is 0 Å². The lowest BCUT2D eigenvalue weighted by molar-refractivity contribution is -0.135. The number of aryl methyl sites for hydroxylation is 2. The molecule has 0 radical (unpaired) electrons. The highest BCUT2D eigenvalue weighted by Crippen LogP contribution is 2.46. The predicted octanol–water partition coefficient (Wildman–Crippen LogP) is 3.50. The highest BCUT2D eigenvalue weighted by Gasteiger charge is 2.34. The standard InChI is InChI=1S/C27H20N2O7/c1-28-18-8-5-14(9-19(18)29(2)27(28)34)16-10-22(32)36-21-11-20(31)24-25(33)17(12-35-26(24)23(16)21)13-3-6-15(30)7-4-13/h3-9,11-12,16,30-31H,10H2,1-2H3. The van der Waals surface area contributed by atoms with E-state index in [0.29, 0.717) is 16.6 Å². The van der Waals surface area contributed by atoms with Crippen LogP contribution in [-0.2, 0) is 18.9 Å². The molecule has 0 aliphatic carbocycles. The van der Waals surface area contributed by atoms with Crippen molar-refractivity contribution in [2.75, 3.05) is 0 Å². The molecule has 0 saturated carbocycles. The Bertz CT molecular complexity index is 1840. The Balaban J connectivity index is 1.60. The number of carbonyl (C=O) groups excluding carboxylic acids is 1. The number of aromatic nitrogens is 2. The summed E-state index contributed by atoms with van der Waals surface area (Å²) >= 11 is 0. The van der Waals surface area contributed by atoms with Gasteiger partial charge in [-0.25, -0.2) is 4.79 Å². The zero-order valence-electron chi connectivity index (χ0n) is 19.3. The van der Waals surface area contributed by atoms with Gasteiger partial charge in [-0.05, 0) is 35.4 Å². The zero-order chi connectivity index (χ0) is 25.3. The van der Waals surface area contributed by atoms with Crippen LogP contribution in [0.3, 0.4) is 0 Å². The van der Waals surface area contributed by atoms with Crippen LogP contribution >= 0.6 is 0 Å². The van der Waals surface area contributed by atoms with Gasteiger partial charge in [-0.15, -0.1) is 0 Å². The fourth-order valence-electron chi connectivity index (χ4n) is 5.00. The molecule has 3 heterocycles. The summed E-state index contributed by atoms with van der Waals surface area (Å²) in [7, 11) is 3.36. The lowest BCUT2D eigenvalue weighted by atomic mass is 9.84. The number of phenolic OH excluding ortho intramolecular Hbond substituents is 2. The third-order valence-electron chi connectivity index (χ3n) is 6.85. The smallest absolute Gasteiger partial charge is 0.328 e. The van der Waals surface area contributed by atoms with E-state index in [9.17, 15) is 24.6 Å². The van der Waals surface area contributed by atoms with Gasteiger partial charge < -0.3 is 19.4 Å². The fraction of sp³-hybridized carbons (Fsp3) is 0.148. The number of carbonyl (C=O) groups is 1. The molecule has 9 nitrogen and oxygen atoms in total. The first-order valence-corrected chi connectivity index (χ1v) is 11.2. The Kier molecular flexibility index (Phi) is 4.59. The van der Waals surface area contributed by atoms with Crippen LogP contribution in [0.1, 0.15) is 23.5 Å². The molecular weight excluding hydrogens is 464 g/mol. The Morgan fingerprint density at radius 1 is 0.917 bits per heavy atom. The largest absolute Gasteiger partial charge is 0.508 e. The number of benzene rings is 3. The van der Waals surface area contributed by atoms with Gasteiger partial charge in [0.1, 0.15) is 34.5 Å². The highest BCUT2D eigenvalue weighted by atomic mass is 16.5. The van der Waals surface area contributed by atoms with Gasteiger partial charge >= 0.3 is 11.7 Å². The Morgan fingerprint density at radius 2 is 1.64 bits per heavy atom. The predicted molar refractivity (Wildman–Crippen MR) is 132 cm³/mol. The molecule has 0 fully saturated rings. The second kappa shape index (κ2) is 7.61. The van der Waals surface area contributed by atoms with E-state index in [1.165, 1.54) is 29.0 Å². The first kappa shape index (κ1) is 21.7. The van der Waals surface area contributed by atoms with Gasteiger partial charge in [0.25, 0.3) is 0 Å². The topological polar surface area (TPSA) is 124 Å². The maximum atomic E-state index is 13.5. The zero-order valence-corrected chi connectivity index (χ0v) is 19.3. The van der Waals surface area contributed by atoms with Crippen molar-refractivity contribution < 1.29 is 24.2 Å². The summed E-state index contributed by atoms with van der Waals surface area (Å²) in [6.07, 6.45) is 1.29. The van der Waals surface area contributed by atoms with E-state index in [1.807, 2.05) is 18.2 Å². The van der Waals surface area contributed by atoms with Crippen molar-refractivity contribution in [2.45, 2.75) is 12.3 Å². The van der Waals surface area contributed by atoms with Crippen molar-refractivity contribution in [3.63, 3.8) is 0 Å². The molecular formula is C27H20N2O7. The van der Waals surface area contributed by atoms with Gasteiger partial charge in [-0.1, -0.05) is 18.2 Å². The van der Waals surface area contributed by atoms with Crippen molar-refractivity contribution >= 4 is 28.0 Å². The minimum atomic E-state index is -0.535. The number of aromatic hydroxyl groups is 2. The summed E-state index contributed by atoms with van der Waals surface area (Å²) < 4.78 is 14.4. The molecule has 0 saturated heterocycles. The Labute approximate surface area is 203 Å². The van der Waals surface area contributed by atoms with Crippen LogP contribution in [-0.4, -0.2) is 25.3 Å². The van der Waals surface area contributed by atoms with Crippen molar-refractivity contribution in [1.82, 2.24) is 9.13 Å². The molecule has 3 aromatic carbocycles. The SMILES string of the molecule is Cn1c(=O)n(C)c2cc(C3CC(=O)Oc4cc(O)c5c(=O)c(-c6ccc(O)cc6)coc5c43)ccc21. The van der Waals surface area contributed by atoms with Crippen molar-refractivity contribution in [3.8, 4) is 28.4 Å². The van der Waals surface area contributed by atoms with E-state index in [1.54, 1.807) is 30.8 Å². The van der Waals surface area contributed by atoms with Crippen LogP contribution in [0, 0.1) is 0 Å². The second-order valence-corrected chi connectivity index (χ2v) is 8.92.